The van der Waals surface area contributed by atoms with Gasteiger partial charge in [-0.25, -0.2) is 4.68 Å². The quantitative estimate of drug-likeness (QED) is 0.637. The summed E-state index contributed by atoms with van der Waals surface area (Å²) in [4.78, 5) is 15.2. The Labute approximate surface area is 186 Å². The van der Waals surface area contributed by atoms with E-state index in [0.717, 1.165) is 25.2 Å². The molecule has 1 unspecified atom stereocenters. The van der Waals surface area contributed by atoms with E-state index in [-0.39, 0.29) is 11.4 Å². The molecule has 2 heterocycles. The van der Waals surface area contributed by atoms with E-state index in [9.17, 15) is 4.79 Å². The van der Waals surface area contributed by atoms with Crippen LogP contribution in [0.1, 0.15) is 69.2 Å². The monoisotopic (exact) mass is 423 g/mol. The van der Waals surface area contributed by atoms with Crippen LogP contribution in [-0.2, 0) is 5.54 Å². The molecule has 1 fully saturated rings. The summed E-state index contributed by atoms with van der Waals surface area (Å²) >= 11 is 0. The first-order chi connectivity index (χ1) is 15.0. The number of hydrogen-bond acceptors (Lipinski definition) is 4. The second-order valence-corrected chi connectivity index (χ2v) is 9.85. The highest BCUT2D eigenvalue weighted by Gasteiger charge is 2.39. The lowest BCUT2D eigenvalue weighted by atomic mass is 9.78. The van der Waals surface area contributed by atoms with E-state index >= 15 is 0 Å². The number of para-hydroxylation sites is 1. The zero-order valence-corrected chi connectivity index (χ0v) is 19.2. The topological polar surface area (TPSA) is 62.2 Å². The predicted molar refractivity (Wildman–Crippen MR) is 127 cm³/mol. The van der Waals surface area contributed by atoms with E-state index in [2.05, 4.69) is 53.7 Å². The molecule has 1 atom stereocenters. The van der Waals surface area contributed by atoms with Gasteiger partial charge in [0.15, 0.2) is 0 Å². The highest BCUT2D eigenvalue weighted by molar-refractivity contribution is 5.98. The van der Waals surface area contributed by atoms with Gasteiger partial charge in [0.05, 0.1) is 11.7 Å². The van der Waals surface area contributed by atoms with Gasteiger partial charge >= 0.3 is 0 Å². The summed E-state index contributed by atoms with van der Waals surface area (Å²) in [6.45, 7) is 6.02. The summed E-state index contributed by atoms with van der Waals surface area (Å²) in [5.74, 6) is 1.56. The maximum atomic E-state index is 13.0. The lowest BCUT2D eigenvalue weighted by Gasteiger charge is -2.42. The van der Waals surface area contributed by atoms with E-state index in [1.54, 1.807) is 6.20 Å². The van der Waals surface area contributed by atoms with Crippen molar-refractivity contribution in [3.05, 3.63) is 42.1 Å². The average molecular weight is 424 g/mol. The molecule has 2 N–H and O–H groups in total. The zero-order valence-electron chi connectivity index (χ0n) is 19.2. The lowest BCUT2D eigenvalue weighted by molar-refractivity contribution is 0.0953. The molecule has 1 aromatic carbocycles. The Morgan fingerprint density at radius 2 is 1.97 bits per heavy atom. The lowest BCUT2D eigenvalue weighted by Crippen LogP contribution is -2.46. The van der Waals surface area contributed by atoms with E-state index in [4.69, 9.17) is 0 Å². The van der Waals surface area contributed by atoms with Crippen molar-refractivity contribution in [2.24, 2.45) is 5.92 Å². The van der Waals surface area contributed by atoms with Crippen molar-refractivity contribution in [2.45, 2.75) is 70.4 Å². The number of rotatable bonds is 7. The standard InChI is InChI=1S/C25H37N5O/c1-25(2)17-22(19-11-6-4-7-12-19)28-23-21(18-27-30(23)25)24(31)26-15-10-16-29(3)20-13-8-5-9-14-20/h5,8-9,13-14,18-19,22,28H,4,6-7,10-12,15-17H2,1-3H3,(H,26,31). The summed E-state index contributed by atoms with van der Waals surface area (Å²) in [6.07, 6.45) is 10.3. The second-order valence-electron chi connectivity index (χ2n) is 9.85. The minimum Gasteiger partial charge on any atom is -0.375 e. The Kier molecular flexibility index (Phi) is 6.54. The van der Waals surface area contributed by atoms with E-state index in [1.165, 1.54) is 37.8 Å². The number of carbonyl (C=O) groups is 1. The molecule has 31 heavy (non-hydrogen) atoms. The van der Waals surface area contributed by atoms with E-state index in [1.807, 2.05) is 22.9 Å². The van der Waals surface area contributed by atoms with Crippen LogP contribution in [0.2, 0.25) is 0 Å². The number of nitrogens with one attached hydrogen (secondary N) is 2. The second kappa shape index (κ2) is 9.33. The summed E-state index contributed by atoms with van der Waals surface area (Å²) in [7, 11) is 2.09. The van der Waals surface area contributed by atoms with Gasteiger partial charge in [0.25, 0.3) is 5.91 Å². The van der Waals surface area contributed by atoms with Crippen LogP contribution in [-0.4, -0.2) is 41.9 Å². The van der Waals surface area contributed by atoms with Crippen molar-refractivity contribution in [3.63, 3.8) is 0 Å². The van der Waals surface area contributed by atoms with Gasteiger partial charge in [-0.15, -0.1) is 0 Å². The van der Waals surface area contributed by atoms with Gasteiger partial charge in [0.2, 0.25) is 0 Å². The number of benzene rings is 1. The molecular formula is C25H37N5O. The summed E-state index contributed by atoms with van der Waals surface area (Å²) < 4.78 is 2.02. The fourth-order valence-corrected chi connectivity index (χ4v) is 5.21. The third kappa shape index (κ3) is 4.89. The van der Waals surface area contributed by atoms with Gasteiger partial charge < -0.3 is 15.5 Å². The smallest absolute Gasteiger partial charge is 0.256 e. The van der Waals surface area contributed by atoms with Crippen LogP contribution in [0.15, 0.2) is 36.5 Å². The minimum atomic E-state index is -0.0837. The molecule has 6 heteroatoms. The Hall–Kier alpha value is -2.50. The van der Waals surface area contributed by atoms with E-state index in [0.29, 0.717) is 24.1 Å². The highest BCUT2D eigenvalue weighted by Crippen LogP contribution is 2.39. The molecule has 0 bridgehead atoms. The van der Waals surface area contributed by atoms with Crippen molar-refractivity contribution in [1.82, 2.24) is 15.1 Å². The van der Waals surface area contributed by atoms with Crippen LogP contribution in [0.5, 0.6) is 0 Å². The van der Waals surface area contributed by atoms with Crippen LogP contribution in [0, 0.1) is 5.92 Å². The molecule has 1 saturated carbocycles. The Balaban J connectivity index is 1.36. The molecule has 2 aliphatic rings. The summed E-state index contributed by atoms with van der Waals surface area (Å²) in [5.41, 5.74) is 1.78. The number of aromatic nitrogens is 2. The predicted octanol–water partition coefficient (Wildman–Crippen LogP) is 4.64. The number of anilines is 2. The van der Waals surface area contributed by atoms with Crippen molar-refractivity contribution in [3.8, 4) is 0 Å². The molecule has 0 saturated heterocycles. The number of amides is 1. The molecule has 0 radical (unpaired) electrons. The average Bonchev–Trinajstić information content (AvgIpc) is 3.22. The molecule has 4 rings (SSSR count). The van der Waals surface area contributed by atoms with Gasteiger partial charge in [-0.1, -0.05) is 37.5 Å². The normalized spacial score (nSPS) is 20.5. The number of carbonyl (C=O) groups excluding carboxylic acids is 1. The molecule has 1 aliphatic heterocycles. The first-order valence-corrected chi connectivity index (χ1v) is 11.8. The van der Waals surface area contributed by atoms with Crippen LogP contribution >= 0.6 is 0 Å². The molecule has 2 aromatic rings. The Bertz CT molecular complexity index is 869. The number of fused-ring (bicyclic) bond motifs is 1. The maximum absolute atomic E-state index is 13.0. The third-order valence-electron chi connectivity index (χ3n) is 7.00. The molecular weight excluding hydrogens is 386 g/mol. The van der Waals surface area contributed by atoms with Gasteiger partial charge in [-0.05, 0) is 57.6 Å². The maximum Gasteiger partial charge on any atom is 0.256 e. The first kappa shape index (κ1) is 21.7. The molecule has 1 aromatic heterocycles. The van der Waals surface area contributed by atoms with Crippen molar-refractivity contribution >= 4 is 17.4 Å². The van der Waals surface area contributed by atoms with Gasteiger partial charge in [-0.3, -0.25) is 4.79 Å². The van der Waals surface area contributed by atoms with Crippen molar-refractivity contribution in [1.29, 1.82) is 0 Å². The van der Waals surface area contributed by atoms with Crippen LogP contribution in [0.4, 0.5) is 11.5 Å². The van der Waals surface area contributed by atoms with E-state index < -0.39 is 0 Å². The minimum absolute atomic E-state index is 0.0313. The summed E-state index contributed by atoms with van der Waals surface area (Å²) in [6, 6.07) is 10.8. The van der Waals surface area contributed by atoms with Gasteiger partial charge in [0, 0.05) is 31.9 Å². The third-order valence-corrected chi connectivity index (χ3v) is 7.00. The Morgan fingerprint density at radius 3 is 2.71 bits per heavy atom. The zero-order chi connectivity index (χ0) is 21.8. The largest absolute Gasteiger partial charge is 0.375 e. The van der Waals surface area contributed by atoms with Crippen molar-refractivity contribution in [2.75, 3.05) is 30.4 Å². The molecule has 1 amide bonds. The van der Waals surface area contributed by atoms with Crippen LogP contribution in [0.25, 0.3) is 0 Å². The molecule has 0 spiro atoms. The SMILES string of the molecule is CN(CCCNC(=O)c1cnn2c1NC(C1CCCCC1)CC2(C)C)c1ccccc1. The fraction of sp³-hybridized carbons (Fsp3) is 0.600. The van der Waals surface area contributed by atoms with Crippen LogP contribution in [0.3, 0.4) is 0 Å². The highest BCUT2D eigenvalue weighted by atomic mass is 16.1. The van der Waals surface area contributed by atoms with Crippen LogP contribution < -0.4 is 15.5 Å². The number of nitrogens with zero attached hydrogens (tertiary/aromatic N) is 3. The Morgan fingerprint density at radius 1 is 1.23 bits per heavy atom. The van der Waals surface area contributed by atoms with Gasteiger partial charge in [0.1, 0.15) is 11.4 Å². The first-order valence-electron chi connectivity index (χ1n) is 11.8. The molecule has 168 valence electrons. The summed E-state index contributed by atoms with van der Waals surface area (Å²) in [5, 5.41) is 11.4. The van der Waals surface area contributed by atoms with Gasteiger partial charge in [-0.2, -0.15) is 5.10 Å². The molecule has 6 nitrogen and oxygen atoms in total. The number of hydrogen-bond donors (Lipinski definition) is 2. The molecule has 1 aliphatic carbocycles. The van der Waals surface area contributed by atoms with Crippen molar-refractivity contribution < 1.29 is 4.79 Å². The fourth-order valence-electron chi connectivity index (χ4n) is 5.21.